The average Bonchev–Trinajstić information content (AvgIpc) is 2.93. The number of ether oxygens (including phenoxy) is 1. The second-order valence-electron chi connectivity index (χ2n) is 13.1. The van der Waals surface area contributed by atoms with Crippen molar-refractivity contribution in [2.24, 2.45) is 11.8 Å². The number of para-hydroxylation sites is 1. The Morgan fingerprint density at radius 1 is 0.977 bits per heavy atom. The van der Waals surface area contributed by atoms with Crippen molar-refractivity contribution < 1.29 is 19.1 Å². The molecule has 0 saturated heterocycles. The summed E-state index contributed by atoms with van der Waals surface area (Å²) in [7, 11) is 0. The van der Waals surface area contributed by atoms with Crippen LogP contribution in [0.15, 0.2) is 49.0 Å². The molecule has 0 spiro atoms. The predicted octanol–water partition coefficient (Wildman–Crippen LogP) is 8.22. The summed E-state index contributed by atoms with van der Waals surface area (Å²) in [6, 6.07) is 11.3. The number of benzene rings is 2. The van der Waals surface area contributed by atoms with Crippen LogP contribution >= 0.6 is 0 Å². The zero-order valence-electron chi connectivity index (χ0n) is 27.9. The molecule has 0 aliphatic rings. The fourth-order valence-electron chi connectivity index (χ4n) is 5.09. The third-order valence-electron chi connectivity index (χ3n) is 7.76. The van der Waals surface area contributed by atoms with E-state index in [2.05, 4.69) is 31.1 Å². The molecule has 0 bridgehead atoms. The van der Waals surface area contributed by atoms with E-state index < -0.39 is 23.8 Å². The van der Waals surface area contributed by atoms with E-state index in [4.69, 9.17) is 4.74 Å². The van der Waals surface area contributed by atoms with Gasteiger partial charge in [-0.05, 0) is 94.5 Å². The van der Waals surface area contributed by atoms with Gasteiger partial charge in [-0.2, -0.15) is 0 Å². The summed E-state index contributed by atoms with van der Waals surface area (Å²) >= 11 is 0. The van der Waals surface area contributed by atoms with Crippen molar-refractivity contribution in [3.05, 3.63) is 71.3 Å². The number of rotatable bonds is 13. The Kier molecular flexibility index (Phi) is 13.0. The lowest BCUT2D eigenvalue weighted by atomic mass is 9.92. The van der Waals surface area contributed by atoms with Gasteiger partial charge >= 0.3 is 6.09 Å². The first-order valence-electron chi connectivity index (χ1n) is 15.5. The van der Waals surface area contributed by atoms with Crippen LogP contribution in [0.1, 0.15) is 103 Å². The van der Waals surface area contributed by atoms with Crippen LogP contribution in [0.3, 0.4) is 0 Å². The fourth-order valence-corrected chi connectivity index (χ4v) is 5.09. The number of amides is 3. The number of carbonyl (C=O) groups excluding carboxylic acids is 3. The molecular weight excluding hydrogens is 538 g/mol. The second kappa shape index (κ2) is 15.7. The first-order chi connectivity index (χ1) is 20.1. The monoisotopic (exact) mass is 591 g/mol. The van der Waals surface area contributed by atoms with E-state index in [-0.39, 0.29) is 23.8 Å². The highest BCUT2D eigenvalue weighted by molar-refractivity contribution is 6.00. The minimum absolute atomic E-state index is 0.207. The van der Waals surface area contributed by atoms with Gasteiger partial charge in [0.25, 0.3) is 5.91 Å². The van der Waals surface area contributed by atoms with Crippen molar-refractivity contribution in [1.29, 1.82) is 0 Å². The number of nitrogens with one attached hydrogen (secondary N) is 2. The van der Waals surface area contributed by atoms with Crippen molar-refractivity contribution in [2.45, 2.75) is 112 Å². The molecule has 2 N–H and O–H groups in total. The summed E-state index contributed by atoms with van der Waals surface area (Å²) in [5, 5.41) is 6.01. The highest BCUT2D eigenvalue weighted by Crippen LogP contribution is 2.31. The molecule has 236 valence electrons. The molecule has 2 aromatic rings. The Morgan fingerprint density at radius 2 is 1.58 bits per heavy atom. The molecule has 0 saturated carbocycles. The molecule has 3 amide bonds. The molecule has 0 fully saturated rings. The lowest BCUT2D eigenvalue weighted by Crippen LogP contribution is -2.57. The summed E-state index contributed by atoms with van der Waals surface area (Å²) in [5.74, 6) is -0.428. The molecule has 0 aliphatic carbocycles. The van der Waals surface area contributed by atoms with Gasteiger partial charge in [-0.25, -0.2) is 4.79 Å². The van der Waals surface area contributed by atoms with Crippen molar-refractivity contribution in [3.8, 4) is 0 Å². The zero-order chi connectivity index (χ0) is 32.5. The number of anilines is 1. The van der Waals surface area contributed by atoms with E-state index in [1.807, 2.05) is 77.1 Å². The summed E-state index contributed by atoms with van der Waals surface area (Å²) in [4.78, 5) is 43.8. The van der Waals surface area contributed by atoms with E-state index >= 15 is 0 Å². The first kappa shape index (κ1) is 35.6. The minimum Gasteiger partial charge on any atom is -0.444 e. The van der Waals surface area contributed by atoms with Gasteiger partial charge in [-0.1, -0.05) is 83.2 Å². The molecule has 4 atom stereocenters. The Hall–Kier alpha value is -3.61. The summed E-state index contributed by atoms with van der Waals surface area (Å²) in [5.41, 5.74) is 3.38. The molecule has 43 heavy (non-hydrogen) atoms. The standard InChI is InChI=1S/C36H53N3O4/c1-12-24(5)31(38-35(42)43-36(9,10)11)34(41)39(27(8)21-20-23(3)4)32(29-19-15-18-28(13-2)22-29)33(40)37-30-25(6)16-14-17-26(30)7/h13-19,22-24,27,31-32H,2,12,20-21H2,1,3-11H3,(H,37,40)(H,38,42). The number of alkyl carbamates (subject to hydrolysis) is 1. The largest absolute Gasteiger partial charge is 0.444 e. The van der Waals surface area contributed by atoms with Crippen molar-refractivity contribution >= 4 is 29.7 Å². The van der Waals surface area contributed by atoms with Gasteiger partial charge in [0, 0.05) is 11.7 Å². The van der Waals surface area contributed by atoms with Crippen LogP contribution < -0.4 is 10.6 Å². The topological polar surface area (TPSA) is 87.7 Å². The van der Waals surface area contributed by atoms with E-state index in [0.717, 1.165) is 28.8 Å². The van der Waals surface area contributed by atoms with E-state index in [1.165, 1.54) is 0 Å². The molecule has 0 radical (unpaired) electrons. The molecule has 7 heteroatoms. The second-order valence-corrected chi connectivity index (χ2v) is 13.1. The lowest BCUT2D eigenvalue weighted by Gasteiger charge is -2.40. The highest BCUT2D eigenvalue weighted by atomic mass is 16.6. The summed E-state index contributed by atoms with van der Waals surface area (Å²) in [6.45, 7) is 23.4. The van der Waals surface area contributed by atoms with Crippen LogP contribution in [0.2, 0.25) is 0 Å². The van der Waals surface area contributed by atoms with Gasteiger partial charge in [-0.15, -0.1) is 0 Å². The molecule has 4 unspecified atom stereocenters. The van der Waals surface area contributed by atoms with Crippen LogP contribution in [-0.4, -0.2) is 40.5 Å². The SMILES string of the molecule is C=Cc1cccc(C(C(=O)Nc2c(C)cccc2C)N(C(=O)C(NC(=O)OC(C)(C)C)C(C)CC)C(C)CCC(C)C)c1. The van der Waals surface area contributed by atoms with Crippen LogP contribution in [0, 0.1) is 25.7 Å². The van der Waals surface area contributed by atoms with Crippen LogP contribution in [-0.2, 0) is 14.3 Å². The smallest absolute Gasteiger partial charge is 0.408 e. The normalized spacial score (nSPS) is 14.3. The Bertz CT molecular complexity index is 1240. The third kappa shape index (κ3) is 10.3. The van der Waals surface area contributed by atoms with E-state index in [9.17, 15) is 14.4 Å². The number of hydrogen-bond donors (Lipinski definition) is 2. The maximum absolute atomic E-state index is 14.7. The number of hydrogen-bond acceptors (Lipinski definition) is 4. The Balaban J connectivity index is 2.73. The number of carbonyl (C=O) groups is 3. The van der Waals surface area contributed by atoms with Gasteiger partial charge in [0.1, 0.15) is 17.7 Å². The maximum atomic E-state index is 14.7. The average molecular weight is 592 g/mol. The van der Waals surface area contributed by atoms with Crippen LogP contribution in [0.5, 0.6) is 0 Å². The van der Waals surface area contributed by atoms with Crippen molar-refractivity contribution in [3.63, 3.8) is 0 Å². The summed E-state index contributed by atoms with van der Waals surface area (Å²) in [6.07, 6.45) is 3.27. The van der Waals surface area contributed by atoms with Gasteiger partial charge < -0.3 is 20.3 Å². The fraction of sp³-hybridized carbons (Fsp3) is 0.528. The molecule has 2 rings (SSSR count). The maximum Gasteiger partial charge on any atom is 0.408 e. The van der Waals surface area contributed by atoms with E-state index in [0.29, 0.717) is 24.3 Å². The van der Waals surface area contributed by atoms with Gasteiger partial charge in [-0.3, -0.25) is 9.59 Å². The first-order valence-corrected chi connectivity index (χ1v) is 15.5. The molecule has 0 heterocycles. The molecule has 7 nitrogen and oxygen atoms in total. The summed E-state index contributed by atoms with van der Waals surface area (Å²) < 4.78 is 5.55. The molecule has 2 aromatic carbocycles. The van der Waals surface area contributed by atoms with Crippen LogP contribution in [0.4, 0.5) is 10.5 Å². The van der Waals surface area contributed by atoms with E-state index in [1.54, 1.807) is 31.7 Å². The van der Waals surface area contributed by atoms with Crippen LogP contribution in [0.25, 0.3) is 6.08 Å². The Labute approximate surface area is 259 Å². The van der Waals surface area contributed by atoms with Gasteiger partial charge in [0.15, 0.2) is 0 Å². The lowest BCUT2D eigenvalue weighted by molar-refractivity contribution is -0.144. The zero-order valence-corrected chi connectivity index (χ0v) is 27.9. The van der Waals surface area contributed by atoms with Gasteiger partial charge in [0.2, 0.25) is 5.91 Å². The Morgan fingerprint density at radius 3 is 2.12 bits per heavy atom. The van der Waals surface area contributed by atoms with Crippen molar-refractivity contribution in [1.82, 2.24) is 10.2 Å². The number of aryl methyl sites for hydroxylation is 2. The molecule has 0 aliphatic heterocycles. The third-order valence-corrected chi connectivity index (χ3v) is 7.76. The highest BCUT2D eigenvalue weighted by Gasteiger charge is 2.40. The number of nitrogens with zero attached hydrogens (tertiary/aromatic N) is 1. The van der Waals surface area contributed by atoms with Crippen molar-refractivity contribution in [2.75, 3.05) is 5.32 Å². The predicted molar refractivity (Wildman–Crippen MR) is 177 cm³/mol. The minimum atomic E-state index is -0.958. The molecular formula is C36H53N3O4. The van der Waals surface area contributed by atoms with Gasteiger partial charge in [0.05, 0.1) is 0 Å². The quantitative estimate of drug-likeness (QED) is 0.246. The molecule has 0 aromatic heterocycles.